The van der Waals surface area contributed by atoms with Crippen LogP contribution in [-0.4, -0.2) is 48.8 Å². The molecule has 2 fully saturated rings. The standard InChI is InChI=1S/C15H22N2O.C2H6/c1-16-12-18-11-15(16)14-8-5-9-17(14)10-13-6-3-2-4-7-13;1-2/h2-4,6-7,14-15H,5,8-12H2,1H3;1-2H3/t14-,15?;/m1./s1. The van der Waals surface area contributed by atoms with Crippen molar-refractivity contribution in [2.75, 3.05) is 26.9 Å². The van der Waals surface area contributed by atoms with Crippen LogP contribution in [0.3, 0.4) is 0 Å². The molecule has 1 aromatic rings. The first-order valence-electron chi connectivity index (χ1n) is 7.90. The highest BCUT2D eigenvalue weighted by molar-refractivity contribution is 5.15. The summed E-state index contributed by atoms with van der Waals surface area (Å²) < 4.78 is 5.58. The second kappa shape index (κ2) is 7.77. The highest BCUT2D eigenvalue weighted by atomic mass is 16.5. The monoisotopic (exact) mass is 276 g/mol. The molecule has 0 aliphatic carbocycles. The largest absolute Gasteiger partial charge is 0.364 e. The quantitative estimate of drug-likeness (QED) is 0.844. The van der Waals surface area contributed by atoms with Crippen LogP contribution in [0.15, 0.2) is 30.3 Å². The van der Waals surface area contributed by atoms with Gasteiger partial charge in [-0.25, -0.2) is 0 Å². The normalized spacial score (nSPS) is 27.4. The lowest BCUT2D eigenvalue weighted by molar-refractivity contribution is 0.145. The van der Waals surface area contributed by atoms with Gasteiger partial charge in [-0.2, -0.15) is 0 Å². The predicted molar refractivity (Wildman–Crippen MR) is 83.6 cm³/mol. The third kappa shape index (κ3) is 3.60. The minimum atomic E-state index is 0.580. The van der Waals surface area contributed by atoms with Gasteiger partial charge >= 0.3 is 0 Å². The first-order chi connectivity index (χ1) is 9.84. The van der Waals surface area contributed by atoms with Crippen LogP contribution < -0.4 is 0 Å². The lowest BCUT2D eigenvalue weighted by Gasteiger charge is -2.31. The summed E-state index contributed by atoms with van der Waals surface area (Å²) in [5.74, 6) is 0. The Morgan fingerprint density at radius 3 is 2.55 bits per heavy atom. The van der Waals surface area contributed by atoms with Crippen molar-refractivity contribution < 1.29 is 4.74 Å². The molecule has 20 heavy (non-hydrogen) atoms. The van der Waals surface area contributed by atoms with Crippen LogP contribution in [0.1, 0.15) is 32.3 Å². The third-order valence-electron chi connectivity index (χ3n) is 4.24. The second-order valence-electron chi connectivity index (χ2n) is 5.49. The number of likely N-dealkylation sites (tertiary alicyclic amines) is 1. The van der Waals surface area contributed by atoms with E-state index in [9.17, 15) is 0 Å². The van der Waals surface area contributed by atoms with Gasteiger partial charge in [-0.1, -0.05) is 44.2 Å². The Morgan fingerprint density at radius 1 is 1.15 bits per heavy atom. The number of nitrogens with zero attached hydrogens (tertiary/aromatic N) is 2. The van der Waals surface area contributed by atoms with Crippen molar-refractivity contribution in [1.29, 1.82) is 0 Å². The van der Waals surface area contributed by atoms with E-state index in [1.807, 2.05) is 13.8 Å². The van der Waals surface area contributed by atoms with Gasteiger partial charge in [0, 0.05) is 12.6 Å². The summed E-state index contributed by atoms with van der Waals surface area (Å²) in [6.45, 7) is 7.99. The molecule has 3 nitrogen and oxygen atoms in total. The van der Waals surface area contributed by atoms with Crippen LogP contribution in [-0.2, 0) is 11.3 Å². The van der Waals surface area contributed by atoms with Crippen LogP contribution >= 0.6 is 0 Å². The zero-order chi connectivity index (χ0) is 14.4. The van der Waals surface area contributed by atoms with Gasteiger partial charge in [0.25, 0.3) is 0 Å². The molecule has 1 aromatic carbocycles. The van der Waals surface area contributed by atoms with Gasteiger partial charge in [-0.05, 0) is 32.0 Å². The van der Waals surface area contributed by atoms with Crippen LogP contribution in [0, 0.1) is 0 Å². The molecule has 0 bridgehead atoms. The van der Waals surface area contributed by atoms with Gasteiger partial charge in [-0.15, -0.1) is 0 Å². The molecule has 0 spiro atoms. The Balaban J connectivity index is 0.000000704. The average molecular weight is 276 g/mol. The fourth-order valence-electron chi connectivity index (χ4n) is 3.25. The van der Waals surface area contributed by atoms with E-state index in [1.165, 1.54) is 24.9 Å². The minimum Gasteiger partial charge on any atom is -0.364 e. The Labute approximate surface area is 123 Å². The van der Waals surface area contributed by atoms with Crippen LogP contribution in [0.4, 0.5) is 0 Å². The highest BCUT2D eigenvalue weighted by Crippen LogP contribution is 2.26. The first kappa shape index (κ1) is 15.5. The summed E-state index contributed by atoms with van der Waals surface area (Å²) in [6.07, 6.45) is 2.63. The van der Waals surface area contributed by atoms with Gasteiger partial charge in [0.2, 0.25) is 0 Å². The smallest absolute Gasteiger partial charge is 0.0992 e. The Kier molecular flexibility index (Phi) is 6.02. The Bertz CT molecular complexity index is 382. The summed E-state index contributed by atoms with van der Waals surface area (Å²) in [5.41, 5.74) is 1.42. The molecule has 0 saturated carbocycles. The maximum atomic E-state index is 5.58. The van der Waals surface area contributed by atoms with Gasteiger partial charge in [0.05, 0.1) is 19.4 Å². The van der Waals surface area contributed by atoms with E-state index in [0.29, 0.717) is 12.1 Å². The summed E-state index contributed by atoms with van der Waals surface area (Å²) in [7, 11) is 2.18. The van der Waals surface area contributed by atoms with E-state index < -0.39 is 0 Å². The van der Waals surface area contributed by atoms with Crippen molar-refractivity contribution >= 4 is 0 Å². The van der Waals surface area contributed by atoms with Crippen molar-refractivity contribution in [1.82, 2.24) is 9.80 Å². The Morgan fingerprint density at radius 2 is 1.90 bits per heavy atom. The van der Waals surface area contributed by atoms with E-state index in [2.05, 4.69) is 47.2 Å². The molecular formula is C17H28N2O. The van der Waals surface area contributed by atoms with E-state index in [1.54, 1.807) is 0 Å². The summed E-state index contributed by atoms with van der Waals surface area (Å²) in [5, 5.41) is 0. The van der Waals surface area contributed by atoms with Gasteiger partial charge < -0.3 is 4.74 Å². The maximum Gasteiger partial charge on any atom is 0.0992 e. The van der Waals surface area contributed by atoms with E-state index in [4.69, 9.17) is 4.74 Å². The van der Waals surface area contributed by atoms with Crippen molar-refractivity contribution in [3.05, 3.63) is 35.9 Å². The number of rotatable bonds is 3. The molecule has 2 aliphatic rings. The molecule has 2 atom stereocenters. The van der Waals surface area contributed by atoms with Crippen LogP contribution in [0.2, 0.25) is 0 Å². The van der Waals surface area contributed by atoms with Crippen LogP contribution in [0.25, 0.3) is 0 Å². The lowest BCUT2D eigenvalue weighted by atomic mass is 10.1. The molecule has 0 radical (unpaired) electrons. The SMILES string of the molecule is CC.CN1COCC1[C@H]1CCCN1Cc1ccccc1. The first-order valence-corrected chi connectivity index (χ1v) is 7.90. The Hall–Kier alpha value is -0.900. The molecule has 3 heteroatoms. The molecule has 112 valence electrons. The molecular weight excluding hydrogens is 248 g/mol. The van der Waals surface area contributed by atoms with Crippen molar-refractivity contribution in [2.45, 2.75) is 45.3 Å². The fraction of sp³-hybridized carbons (Fsp3) is 0.647. The fourth-order valence-corrected chi connectivity index (χ4v) is 3.25. The number of likely N-dealkylation sites (N-methyl/N-ethyl adjacent to an activating group) is 1. The van der Waals surface area contributed by atoms with Crippen molar-refractivity contribution in [3.63, 3.8) is 0 Å². The molecule has 2 heterocycles. The van der Waals surface area contributed by atoms with E-state index in [0.717, 1.165) is 19.9 Å². The number of benzene rings is 1. The average Bonchev–Trinajstić information content (AvgIpc) is 3.11. The molecule has 0 amide bonds. The van der Waals surface area contributed by atoms with E-state index >= 15 is 0 Å². The number of hydrogen-bond donors (Lipinski definition) is 0. The topological polar surface area (TPSA) is 15.7 Å². The molecule has 0 aromatic heterocycles. The predicted octanol–water partition coefficient (Wildman–Crippen LogP) is 2.97. The van der Waals surface area contributed by atoms with Crippen LogP contribution in [0.5, 0.6) is 0 Å². The van der Waals surface area contributed by atoms with E-state index in [-0.39, 0.29) is 0 Å². The van der Waals surface area contributed by atoms with Gasteiger partial charge in [0.15, 0.2) is 0 Å². The van der Waals surface area contributed by atoms with Crippen molar-refractivity contribution in [2.24, 2.45) is 0 Å². The minimum absolute atomic E-state index is 0.580. The third-order valence-corrected chi connectivity index (χ3v) is 4.24. The molecule has 2 saturated heterocycles. The maximum absolute atomic E-state index is 5.58. The summed E-state index contributed by atoms with van der Waals surface area (Å²) >= 11 is 0. The van der Waals surface area contributed by atoms with Gasteiger partial charge in [0.1, 0.15) is 0 Å². The summed E-state index contributed by atoms with van der Waals surface area (Å²) in [4.78, 5) is 4.99. The highest BCUT2D eigenvalue weighted by Gasteiger charge is 2.36. The zero-order valence-electron chi connectivity index (χ0n) is 13.1. The zero-order valence-corrected chi connectivity index (χ0v) is 13.1. The molecule has 0 N–H and O–H groups in total. The number of hydrogen-bond acceptors (Lipinski definition) is 3. The second-order valence-corrected chi connectivity index (χ2v) is 5.49. The summed E-state index contributed by atoms with van der Waals surface area (Å²) in [6, 6.07) is 12.0. The molecule has 2 aliphatic heterocycles. The molecule has 3 rings (SSSR count). The lowest BCUT2D eigenvalue weighted by Crippen LogP contribution is -2.45. The number of ether oxygens (including phenoxy) is 1. The molecule has 1 unspecified atom stereocenters. The van der Waals surface area contributed by atoms with Gasteiger partial charge in [-0.3, -0.25) is 9.80 Å². The van der Waals surface area contributed by atoms with Crippen molar-refractivity contribution in [3.8, 4) is 0 Å².